The lowest BCUT2D eigenvalue weighted by Crippen LogP contribution is -2.19. The summed E-state index contributed by atoms with van der Waals surface area (Å²) >= 11 is 0. The number of ether oxygens (including phenoxy) is 1. The zero-order valence-electron chi connectivity index (χ0n) is 13.2. The molecule has 2 rings (SSSR count). The van der Waals surface area contributed by atoms with E-state index in [0.717, 1.165) is 25.1 Å². The number of carbonyl (C=O) groups is 1. The van der Waals surface area contributed by atoms with Crippen molar-refractivity contribution in [3.8, 4) is 0 Å². The van der Waals surface area contributed by atoms with Crippen LogP contribution in [0.2, 0.25) is 0 Å². The molecule has 0 amide bonds. The Labute approximate surface area is 130 Å². The quantitative estimate of drug-likeness (QED) is 0.527. The van der Waals surface area contributed by atoms with Gasteiger partial charge >= 0.3 is 0 Å². The second-order valence-electron chi connectivity index (χ2n) is 5.81. The molecule has 0 spiro atoms. The highest BCUT2D eigenvalue weighted by atomic mass is 16.6. The van der Waals surface area contributed by atoms with Gasteiger partial charge in [0.1, 0.15) is 5.60 Å². The number of benzene rings is 1. The Balaban J connectivity index is 0.000000295. The Bertz CT molecular complexity index is 530. The molecule has 0 saturated heterocycles. The molecule has 0 bridgehead atoms. The van der Waals surface area contributed by atoms with Crippen molar-refractivity contribution in [1.29, 1.82) is 0 Å². The van der Waals surface area contributed by atoms with E-state index < -0.39 is 0 Å². The van der Waals surface area contributed by atoms with Gasteiger partial charge in [0.15, 0.2) is 0 Å². The fourth-order valence-corrected chi connectivity index (χ4v) is 1.83. The van der Waals surface area contributed by atoms with Crippen molar-refractivity contribution in [3.63, 3.8) is 0 Å². The minimum atomic E-state index is -0.374. The van der Waals surface area contributed by atoms with Gasteiger partial charge < -0.3 is 10.1 Å². The number of rotatable bonds is 3. The first-order valence-corrected chi connectivity index (χ1v) is 7.09. The first kappa shape index (κ1) is 17.8. The van der Waals surface area contributed by atoms with Crippen molar-refractivity contribution >= 4 is 17.7 Å². The van der Waals surface area contributed by atoms with Crippen LogP contribution in [0.15, 0.2) is 30.3 Å². The van der Waals surface area contributed by atoms with Crippen molar-refractivity contribution < 1.29 is 14.5 Å². The monoisotopic (exact) mass is 306 g/mol. The molecule has 120 valence electrons. The molecule has 1 aromatic carbocycles. The van der Waals surface area contributed by atoms with Gasteiger partial charge in [-0.25, -0.2) is 0 Å². The molecule has 6 heteroatoms. The molecule has 1 aliphatic heterocycles. The number of nitrogens with one attached hydrogen (secondary N) is 1. The second-order valence-corrected chi connectivity index (χ2v) is 5.81. The van der Waals surface area contributed by atoms with E-state index in [1.54, 1.807) is 12.1 Å². The Kier molecular flexibility index (Phi) is 6.72. The molecular weight excluding hydrogens is 284 g/mol. The molecule has 0 fully saturated rings. The van der Waals surface area contributed by atoms with Crippen molar-refractivity contribution in [3.05, 3.63) is 46.0 Å². The van der Waals surface area contributed by atoms with E-state index in [-0.39, 0.29) is 16.2 Å². The smallest absolute Gasteiger partial charge is 0.293 e. The number of nitro benzene ring substituents is 1. The van der Waals surface area contributed by atoms with Crippen LogP contribution in [0, 0.1) is 10.1 Å². The summed E-state index contributed by atoms with van der Waals surface area (Å²) in [4.78, 5) is 19.7. The number of carbonyl (C=O) groups excluding carboxylic acids is 1. The third-order valence-electron chi connectivity index (χ3n) is 2.91. The fraction of sp³-hybridized carbons (Fsp3) is 0.438. The first-order chi connectivity index (χ1) is 10.3. The molecule has 1 aromatic rings. The van der Waals surface area contributed by atoms with Crippen LogP contribution < -0.4 is 5.32 Å². The standard InChI is InChI=1S/C11H12N2O2.C5H10O2/c14-13(15)11-3-1-9(2-4-11)10-5-7-12-8-6-10;1-5(2,3)7-4-6/h1-5,12H,6-8H2;4H,1-3H3. The summed E-state index contributed by atoms with van der Waals surface area (Å²) in [6, 6.07) is 6.74. The highest BCUT2D eigenvalue weighted by Gasteiger charge is 2.08. The minimum Gasteiger partial charge on any atom is -0.462 e. The van der Waals surface area contributed by atoms with Gasteiger partial charge in [-0.05, 0) is 57.0 Å². The largest absolute Gasteiger partial charge is 0.462 e. The highest BCUT2D eigenvalue weighted by Crippen LogP contribution is 2.22. The third-order valence-corrected chi connectivity index (χ3v) is 2.91. The third kappa shape index (κ3) is 6.49. The van der Waals surface area contributed by atoms with E-state index in [4.69, 9.17) is 0 Å². The zero-order valence-corrected chi connectivity index (χ0v) is 13.2. The Hall–Kier alpha value is -2.21. The lowest BCUT2D eigenvalue weighted by Gasteiger charge is -2.14. The number of non-ortho nitro benzene ring substituents is 1. The Morgan fingerprint density at radius 2 is 1.91 bits per heavy atom. The van der Waals surface area contributed by atoms with Gasteiger partial charge in [-0.2, -0.15) is 0 Å². The van der Waals surface area contributed by atoms with Gasteiger partial charge in [0, 0.05) is 18.7 Å². The average molecular weight is 306 g/mol. The second kappa shape index (κ2) is 8.29. The zero-order chi connectivity index (χ0) is 16.6. The number of nitrogens with zero attached hydrogens (tertiary/aromatic N) is 1. The van der Waals surface area contributed by atoms with E-state index >= 15 is 0 Å². The summed E-state index contributed by atoms with van der Waals surface area (Å²) in [6.45, 7) is 7.78. The maximum atomic E-state index is 10.5. The molecular formula is C16H22N2O4. The van der Waals surface area contributed by atoms with Gasteiger partial charge in [-0.1, -0.05) is 6.08 Å². The van der Waals surface area contributed by atoms with Crippen LogP contribution in [0.3, 0.4) is 0 Å². The lowest BCUT2D eigenvalue weighted by atomic mass is 10.0. The van der Waals surface area contributed by atoms with Crippen LogP contribution in [0.25, 0.3) is 5.57 Å². The normalized spacial score (nSPS) is 14.2. The molecule has 1 heterocycles. The van der Waals surface area contributed by atoms with Gasteiger partial charge in [0.2, 0.25) is 0 Å². The lowest BCUT2D eigenvalue weighted by molar-refractivity contribution is -0.384. The maximum absolute atomic E-state index is 10.5. The van der Waals surface area contributed by atoms with Crippen molar-refractivity contribution in [1.82, 2.24) is 5.32 Å². The molecule has 0 saturated carbocycles. The molecule has 0 aliphatic carbocycles. The molecule has 0 radical (unpaired) electrons. The summed E-state index contributed by atoms with van der Waals surface area (Å²) in [6.07, 6.45) is 3.11. The van der Waals surface area contributed by atoms with Crippen LogP contribution in [-0.4, -0.2) is 30.1 Å². The van der Waals surface area contributed by atoms with Gasteiger partial charge in [-0.3, -0.25) is 14.9 Å². The molecule has 0 unspecified atom stereocenters. The van der Waals surface area contributed by atoms with Gasteiger partial charge in [0.25, 0.3) is 12.2 Å². The van der Waals surface area contributed by atoms with Crippen LogP contribution in [0.1, 0.15) is 32.8 Å². The maximum Gasteiger partial charge on any atom is 0.293 e. The van der Waals surface area contributed by atoms with Crippen molar-refractivity contribution in [2.45, 2.75) is 32.8 Å². The van der Waals surface area contributed by atoms with Crippen LogP contribution in [0.5, 0.6) is 0 Å². The SMILES string of the molecule is CC(C)(C)OC=O.O=[N+]([O-])c1ccc(C2=CCNCC2)cc1. The van der Waals surface area contributed by atoms with E-state index in [1.807, 2.05) is 32.9 Å². The van der Waals surface area contributed by atoms with Crippen molar-refractivity contribution in [2.75, 3.05) is 13.1 Å². The number of hydrogen-bond donors (Lipinski definition) is 1. The molecule has 22 heavy (non-hydrogen) atoms. The van der Waals surface area contributed by atoms with Crippen LogP contribution in [0.4, 0.5) is 5.69 Å². The molecule has 1 N–H and O–H groups in total. The summed E-state index contributed by atoms with van der Waals surface area (Å²) in [5.74, 6) is 0. The summed E-state index contributed by atoms with van der Waals surface area (Å²) in [5, 5.41) is 13.7. The molecule has 0 atom stereocenters. The van der Waals surface area contributed by atoms with Gasteiger partial charge in [0.05, 0.1) is 4.92 Å². The predicted molar refractivity (Wildman–Crippen MR) is 85.5 cm³/mol. The average Bonchev–Trinajstić information content (AvgIpc) is 2.48. The Morgan fingerprint density at radius 1 is 1.27 bits per heavy atom. The molecule has 6 nitrogen and oxygen atoms in total. The number of nitro groups is 1. The minimum absolute atomic E-state index is 0.147. The summed E-state index contributed by atoms with van der Waals surface area (Å²) < 4.78 is 4.55. The molecule has 0 aromatic heterocycles. The van der Waals surface area contributed by atoms with Crippen LogP contribution in [-0.2, 0) is 9.53 Å². The number of hydrogen-bond acceptors (Lipinski definition) is 5. The molecule has 1 aliphatic rings. The van der Waals surface area contributed by atoms with E-state index in [9.17, 15) is 14.9 Å². The van der Waals surface area contributed by atoms with Crippen molar-refractivity contribution in [2.24, 2.45) is 0 Å². The first-order valence-electron chi connectivity index (χ1n) is 7.09. The Morgan fingerprint density at radius 3 is 2.27 bits per heavy atom. The van der Waals surface area contributed by atoms with E-state index in [1.165, 1.54) is 5.57 Å². The highest BCUT2D eigenvalue weighted by molar-refractivity contribution is 5.67. The fourth-order valence-electron chi connectivity index (χ4n) is 1.83. The predicted octanol–water partition coefficient (Wildman–Crippen LogP) is 2.93. The van der Waals surface area contributed by atoms with Gasteiger partial charge in [-0.15, -0.1) is 0 Å². The van der Waals surface area contributed by atoms with E-state index in [2.05, 4.69) is 16.1 Å². The summed E-state index contributed by atoms with van der Waals surface area (Å²) in [7, 11) is 0. The topological polar surface area (TPSA) is 81.5 Å². The summed E-state index contributed by atoms with van der Waals surface area (Å²) in [5.41, 5.74) is 2.18. The van der Waals surface area contributed by atoms with E-state index in [0.29, 0.717) is 6.47 Å². The van der Waals surface area contributed by atoms with Crippen LogP contribution >= 0.6 is 0 Å².